The van der Waals surface area contributed by atoms with E-state index in [1.54, 1.807) is 18.2 Å². The Morgan fingerprint density at radius 3 is 2.76 bits per heavy atom. The lowest BCUT2D eigenvalue weighted by atomic mass is 10.2. The number of nitrogens with one attached hydrogen (secondary N) is 2. The Bertz CT molecular complexity index is 1080. The van der Waals surface area contributed by atoms with Crippen LogP contribution in [0.25, 0.3) is 0 Å². The van der Waals surface area contributed by atoms with Crippen molar-refractivity contribution < 1.29 is 23.5 Å². The molecule has 0 bridgehead atoms. The van der Waals surface area contributed by atoms with Crippen LogP contribution in [0.2, 0.25) is 4.34 Å². The van der Waals surface area contributed by atoms with E-state index < -0.39 is 17.8 Å². The molecule has 1 saturated carbocycles. The lowest BCUT2D eigenvalue weighted by Crippen LogP contribution is -2.49. The van der Waals surface area contributed by atoms with Crippen molar-refractivity contribution in [1.29, 1.82) is 0 Å². The molecule has 2 N–H and O–H groups in total. The molecular formula is C23H26ClFN4O4S. The summed E-state index contributed by atoms with van der Waals surface area (Å²) < 4.78 is 20.4. The van der Waals surface area contributed by atoms with E-state index in [9.17, 15) is 18.8 Å². The van der Waals surface area contributed by atoms with Crippen LogP contribution in [0, 0.1) is 11.7 Å². The maximum atomic E-state index is 14.8. The van der Waals surface area contributed by atoms with Gasteiger partial charge in [-0.3, -0.25) is 19.3 Å². The van der Waals surface area contributed by atoms with Gasteiger partial charge in [0.05, 0.1) is 21.5 Å². The molecule has 1 aromatic heterocycles. The molecule has 1 atom stereocenters. The second kappa shape index (κ2) is 10.8. The van der Waals surface area contributed by atoms with Gasteiger partial charge in [-0.05, 0) is 56.1 Å². The molecule has 2 heterocycles. The molecule has 1 aliphatic heterocycles. The Morgan fingerprint density at radius 2 is 2.12 bits per heavy atom. The van der Waals surface area contributed by atoms with E-state index in [0.29, 0.717) is 40.5 Å². The predicted molar refractivity (Wildman–Crippen MR) is 129 cm³/mol. The van der Waals surface area contributed by atoms with Crippen molar-refractivity contribution in [3.05, 3.63) is 45.4 Å². The van der Waals surface area contributed by atoms with Crippen LogP contribution >= 0.6 is 22.9 Å². The van der Waals surface area contributed by atoms with Crippen LogP contribution < -0.4 is 15.5 Å². The summed E-state index contributed by atoms with van der Waals surface area (Å²) in [6.45, 7) is 1.45. The minimum Gasteiger partial charge on any atom is -0.370 e. The monoisotopic (exact) mass is 508 g/mol. The number of anilines is 2. The summed E-state index contributed by atoms with van der Waals surface area (Å²) in [6.07, 6.45) is 2.21. The first kappa shape index (κ1) is 24.6. The van der Waals surface area contributed by atoms with Crippen LogP contribution in [0.15, 0.2) is 30.3 Å². The smallest absolute Gasteiger partial charge is 0.261 e. The van der Waals surface area contributed by atoms with Crippen LogP contribution in [-0.2, 0) is 14.3 Å². The van der Waals surface area contributed by atoms with Crippen LogP contribution in [0.1, 0.15) is 22.5 Å². The fourth-order valence-electron chi connectivity index (χ4n) is 3.78. The number of amides is 3. The fourth-order valence-corrected chi connectivity index (χ4v) is 4.74. The molecule has 1 aliphatic carbocycles. The number of halogens is 2. The molecule has 4 rings (SSSR count). The van der Waals surface area contributed by atoms with Crippen LogP contribution in [-0.4, -0.2) is 68.6 Å². The third kappa shape index (κ3) is 6.12. The maximum Gasteiger partial charge on any atom is 0.261 e. The number of nitrogens with zero attached hydrogens (tertiary/aromatic N) is 2. The van der Waals surface area contributed by atoms with Crippen molar-refractivity contribution in [3.8, 4) is 0 Å². The molecule has 34 heavy (non-hydrogen) atoms. The molecule has 2 fully saturated rings. The van der Waals surface area contributed by atoms with Crippen molar-refractivity contribution >= 4 is 52.0 Å². The van der Waals surface area contributed by atoms with Crippen molar-refractivity contribution in [1.82, 2.24) is 10.2 Å². The minimum absolute atomic E-state index is 0.00986. The van der Waals surface area contributed by atoms with Gasteiger partial charge >= 0.3 is 0 Å². The van der Waals surface area contributed by atoms with Gasteiger partial charge in [-0.1, -0.05) is 11.6 Å². The maximum absolute atomic E-state index is 14.8. The van der Waals surface area contributed by atoms with Crippen LogP contribution in [0.5, 0.6) is 0 Å². The van der Waals surface area contributed by atoms with E-state index in [4.69, 9.17) is 16.3 Å². The molecule has 2 aliphatic rings. The Labute approximate surface area is 206 Å². The predicted octanol–water partition coefficient (Wildman–Crippen LogP) is 2.98. The highest BCUT2D eigenvalue weighted by atomic mass is 35.5. The zero-order valence-electron chi connectivity index (χ0n) is 18.7. The number of carbonyl (C=O) groups is 3. The number of hydrogen-bond donors (Lipinski definition) is 2. The Kier molecular flexibility index (Phi) is 7.82. The van der Waals surface area contributed by atoms with E-state index in [1.807, 2.05) is 11.9 Å². The first-order chi connectivity index (χ1) is 16.3. The average Bonchev–Trinajstić information content (AvgIpc) is 3.51. The largest absolute Gasteiger partial charge is 0.370 e. The van der Waals surface area contributed by atoms with Gasteiger partial charge in [-0.25, -0.2) is 4.39 Å². The van der Waals surface area contributed by atoms with E-state index in [-0.39, 0.29) is 30.7 Å². The van der Waals surface area contributed by atoms with Crippen molar-refractivity contribution in [3.63, 3.8) is 0 Å². The molecule has 1 aromatic carbocycles. The molecular weight excluding hydrogens is 483 g/mol. The number of ether oxygens (including phenoxy) is 1. The lowest BCUT2D eigenvalue weighted by Gasteiger charge is -2.28. The zero-order valence-corrected chi connectivity index (χ0v) is 20.3. The highest BCUT2D eigenvalue weighted by Crippen LogP contribution is 2.30. The average molecular weight is 509 g/mol. The molecule has 11 heteroatoms. The summed E-state index contributed by atoms with van der Waals surface area (Å²) in [5.41, 5.74) is 0.420. The van der Waals surface area contributed by atoms with Crippen molar-refractivity contribution in [2.75, 3.05) is 50.1 Å². The zero-order chi connectivity index (χ0) is 24.2. The Morgan fingerprint density at radius 1 is 1.32 bits per heavy atom. The van der Waals surface area contributed by atoms with Gasteiger partial charge in [0, 0.05) is 25.3 Å². The Hall–Kier alpha value is -2.53. The molecule has 182 valence electrons. The molecule has 2 aromatic rings. The number of hydrogen-bond acceptors (Lipinski definition) is 6. The summed E-state index contributed by atoms with van der Waals surface area (Å²) in [5.74, 6) is -1.12. The molecule has 3 amide bonds. The lowest BCUT2D eigenvalue weighted by molar-refractivity contribution is -0.125. The number of thiophene rings is 1. The SMILES string of the molecule is CN(CC1CC1)[C@H](CNC(=O)c1ccc(Cl)s1)C(=O)Nc1ccc(N2CCOCC2=O)cc1F. The van der Waals surface area contributed by atoms with Gasteiger partial charge in [-0.15, -0.1) is 11.3 Å². The van der Waals surface area contributed by atoms with Crippen molar-refractivity contribution in [2.45, 2.75) is 18.9 Å². The van der Waals surface area contributed by atoms with Gasteiger partial charge in [0.25, 0.3) is 11.8 Å². The summed E-state index contributed by atoms with van der Waals surface area (Å²) in [5, 5.41) is 5.43. The molecule has 8 nitrogen and oxygen atoms in total. The molecule has 0 spiro atoms. The standard InChI is InChI=1S/C23H26ClFN4O4S/c1-28(12-14-2-3-14)18(11-26-23(32)19-6-7-20(24)34-19)22(31)27-17-5-4-15(10-16(17)25)29-8-9-33-13-21(29)30/h4-7,10,14,18H,2-3,8-9,11-13H2,1H3,(H,26,32)(H,27,31)/t18-/m1/s1. The summed E-state index contributed by atoms with van der Waals surface area (Å²) in [7, 11) is 1.82. The summed E-state index contributed by atoms with van der Waals surface area (Å²) in [4.78, 5) is 41.4. The topological polar surface area (TPSA) is 91.0 Å². The Balaban J connectivity index is 1.43. The van der Waals surface area contributed by atoms with E-state index in [2.05, 4.69) is 10.6 Å². The number of rotatable bonds is 9. The number of morpholine rings is 1. The van der Waals surface area contributed by atoms with Gasteiger partial charge in [-0.2, -0.15) is 0 Å². The summed E-state index contributed by atoms with van der Waals surface area (Å²) in [6, 6.07) is 6.83. The normalized spacial score (nSPS) is 17.1. The third-order valence-electron chi connectivity index (χ3n) is 5.84. The molecule has 1 saturated heterocycles. The first-order valence-corrected chi connectivity index (χ1v) is 12.2. The van der Waals surface area contributed by atoms with Crippen LogP contribution in [0.3, 0.4) is 0 Å². The first-order valence-electron chi connectivity index (χ1n) is 11.0. The second-order valence-corrected chi connectivity index (χ2v) is 10.2. The van der Waals surface area contributed by atoms with E-state index in [1.165, 1.54) is 17.0 Å². The highest BCUT2D eigenvalue weighted by Gasteiger charge is 2.30. The summed E-state index contributed by atoms with van der Waals surface area (Å²) >= 11 is 7.07. The van der Waals surface area contributed by atoms with Gasteiger partial charge in [0.2, 0.25) is 5.91 Å². The third-order valence-corrected chi connectivity index (χ3v) is 7.07. The fraction of sp³-hybridized carbons (Fsp3) is 0.435. The van der Waals surface area contributed by atoms with Crippen LogP contribution in [0.4, 0.5) is 15.8 Å². The van der Waals surface area contributed by atoms with E-state index in [0.717, 1.165) is 24.2 Å². The van der Waals surface area contributed by atoms with Gasteiger partial charge < -0.3 is 20.3 Å². The number of carbonyl (C=O) groups excluding carboxylic acids is 3. The van der Waals surface area contributed by atoms with E-state index >= 15 is 0 Å². The van der Waals surface area contributed by atoms with Gasteiger partial charge in [0.15, 0.2) is 0 Å². The minimum atomic E-state index is -0.695. The highest BCUT2D eigenvalue weighted by molar-refractivity contribution is 7.18. The molecule has 0 radical (unpaired) electrons. The number of benzene rings is 1. The molecule has 0 unspecified atom stereocenters. The van der Waals surface area contributed by atoms with Gasteiger partial charge in [0.1, 0.15) is 18.5 Å². The quantitative estimate of drug-likeness (QED) is 0.543. The second-order valence-electron chi connectivity index (χ2n) is 8.46. The number of likely N-dealkylation sites (N-methyl/N-ethyl adjacent to an activating group) is 1. The van der Waals surface area contributed by atoms with Crippen molar-refractivity contribution in [2.24, 2.45) is 5.92 Å².